The first kappa shape index (κ1) is 16.3. The molecule has 0 saturated carbocycles. The van der Waals surface area contributed by atoms with Crippen molar-refractivity contribution >= 4 is 11.8 Å². The Kier molecular flexibility index (Phi) is 4.76. The highest BCUT2D eigenvalue weighted by atomic mass is 32.2. The van der Waals surface area contributed by atoms with E-state index in [1.807, 2.05) is 0 Å². The van der Waals surface area contributed by atoms with Gasteiger partial charge in [-0.25, -0.2) is 0 Å². The van der Waals surface area contributed by atoms with Crippen molar-refractivity contribution in [3.8, 4) is 0 Å². The minimum Gasteiger partial charge on any atom is -0.346 e. The fraction of sp³-hybridized carbons (Fsp3) is 0.545. The van der Waals surface area contributed by atoms with Gasteiger partial charge in [-0.2, -0.15) is 0 Å². The minimum absolute atomic E-state index is 0.517. The van der Waals surface area contributed by atoms with E-state index >= 15 is 0 Å². The smallest absolute Gasteiger partial charge is 0.0326 e. The highest BCUT2D eigenvalue weighted by molar-refractivity contribution is 8.07. The predicted molar refractivity (Wildman–Crippen MR) is 105 cm³/mol. The molecule has 2 atom stereocenters. The van der Waals surface area contributed by atoms with E-state index in [1.54, 1.807) is 16.3 Å². The molecule has 2 heteroatoms. The maximum Gasteiger partial charge on any atom is 0.0326 e. The van der Waals surface area contributed by atoms with Crippen molar-refractivity contribution < 1.29 is 0 Å². The number of thioether (sulfide) groups is 1. The normalized spacial score (nSPS) is 29.6. The number of allylic oxidation sites excluding steroid dienone is 8. The van der Waals surface area contributed by atoms with E-state index in [9.17, 15) is 0 Å². The predicted octanol–water partition coefficient (Wildman–Crippen LogP) is 6.54. The molecule has 4 rings (SSSR count). The summed E-state index contributed by atoms with van der Waals surface area (Å²) in [5.41, 5.74) is 4.55. The molecule has 0 N–H and O–H groups in total. The van der Waals surface area contributed by atoms with Crippen LogP contribution in [0.1, 0.15) is 58.3 Å². The molecule has 0 aromatic rings. The highest BCUT2D eigenvalue weighted by Crippen LogP contribution is 2.49. The summed E-state index contributed by atoms with van der Waals surface area (Å²) in [4.78, 5) is 5.92. The highest BCUT2D eigenvalue weighted by Gasteiger charge is 2.32. The molecule has 0 bridgehead atoms. The first-order valence-corrected chi connectivity index (χ1v) is 10.4. The number of hydrogen-bond donors (Lipinski definition) is 0. The Morgan fingerprint density at radius 2 is 2.12 bits per heavy atom. The van der Waals surface area contributed by atoms with Crippen LogP contribution in [0.25, 0.3) is 0 Å². The van der Waals surface area contributed by atoms with E-state index in [-0.39, 0.29) is 0 Å². The molecular weight excluding hydrogens is 310 g/mol. The van der Waals surface area contributed by atoms with Gasteiger partial charge in [0, 0.05) is 33.7 Å². The third kappa shape index (κ3) is 3.18. The molecule has 0 aromatic carbocycles. The number of hydrogen-bond acceptors (Lipinski definition) is 2. The zero-order chi connectivity index (χ0) is 16.5. The van der Waals surface area contributed by atoms with Gasteiger partial charge in [0.25, 0.3) is 0 Å². The molecule has 1 heterocycles. The lowest BCUT2D eigenvalue weighted by atomic mass is 9.88. The monoisotopic (exact) mass is 339 g/mol. The summed E-state index contributed by atoms with van der Waals surface area (Å²) >= 11 is 2.07. The average molecular weight is 340 g/mol. The van der Waals surface area contributed by atoms with Gasteiger partial charge in [0.05, 0.1) is 0 Å². The van der Waals surface area contributed by atoms with E-state index in [4.69, 9.17) is 0 Å². The molecule has 4 aliphatic rings. The standard InChI is InChI=1S/C22H29NS/c1-16(2)18-12-13-22-20(14-18)23(15-17-8-4-3-5-9-17)19-10-6-7-11-21(19)24-22/h3-4,12-13,17-18H,1,5-11,14-15H2,2H3. The van der Waals surface area contributed by atoms with E-state index in [0.717, 1.165) is 12.3 Å². The van der Waals surface area contributed by atoms with Gasteiger partial charge in [-0.15, -0.1) is 0 Å². The SMILES string of the molecule is C=C(C)C1C=CC2=C(C1)N(CC1CC=CCC1)C1=C(CCCC1)S2. The number of nitrogens with zero attached hydrogens (tertiary/aromatic N) is 1. The van der Waals surface area contributed by atoms with Crippen LogP contribution in [-0.4, -0.2) is 11.4 Å². The van der Waals surface area contributed by atoms with Gasteiger partial charge in [-0.1, -0.05) is 42.1 Å². The summed E-state index contributed by atoms with van der Waals surface area (Å²) in [5, 5.41) is 0. The molecule has 2 unspecified atom stereocenters. The molecule has 1 nitrogen and oxygen atoms in total. The van der Waals surface area contributed by atoms with E-state index in [1.165, 1.54) is 62.0 Å². The van der Waals surface area contributed by atoms with Crippen molar-refractivity contribution in [2.24, 2.45) is 11.8 Å². The van der Waals surface area contributed by atoms with Crippen molar-refractivity contribution in [2.45, 2.75) is 58.3 Å². The van der Waals surface area contributed by atoms with Crippen molar-refractivity contribution in [3.63, 3.8) is 0 Å². The Morgan fingerprint density at radius 1 is 1.25 bits per heavy atom. The third-order valence-corrected chi connectivity index (χ3v) is 7.18. The Hall–Kier alpha value is -1.15. The van der Waals surface area contributed by atoms with E-state index < -0.39 is 0 Å². The van der Waals surface area contributed by atoms with Crippen LogP contribution in [0.4, 0.5) is 0 Å². The zero-order valence-corrected chi connectivity index (χ0v) is 15.7. The molecule has 0 spiro atoms. The van der Waals surface area contributed by atoms with Gasteiger partial charge >= 0.3 is 0 Å². The lowest BCUT2D eigenvalue weighted by molar-refractivity contribution is 0.294. The van der Waals surface area contributed by atoms with Crippen LogP contribution in [0.3, 0.4) is 0 Å². The van der Waals surface area contributed by atoms with Crippen LogP contribution >= 0.6 is 11.8 Å². The minimum atomic E-state index is 0.517. The quantitative estimate of drug-likeness (QED) is 0.537. The van der Waals surface area contributed by atoms with Gasteiger partial charge in [0.1, 0.15) is 0 Å². The van der Waals surface area contributed by atoms with Gasteiger partial charge in [0.15, 0.2) is 0 Å². The van der Waals surface area contributed by atoms with E-state index in [0.29, 0.717) is 5.92 Å². The van der Waals surface area contributed by atoms with Crippen molar-refractivity contribution in [1.82, 2.24) is 4.90 Å². The summed E-state index contributed by atoms with van der Waals surface area (Å²) in [7, 11) is 0. The second-order valence-corrected chi connectivity index (χ2v) is 8.90. The first-order chi connectivity index (χ1) is 11.7. The summed E-state index contributed by atoms with van der Waals surface area (Å²) in [6.07, 6.45) is 19.8. The first-order valence-electron chi connectivity index (χ1n) is 9.61. The van der Waals surface area contributed by atoms with Gasteiger partial charge in [-0.3, -0.25) is 0 Å². The Balaban J connectivity index is 1.63. The molecule has 0 radical (unpaired) electrons. The Bertz CT molecular complexity index is 649. The molecule has 0 fully saturated rings. The van der Waals surface area contributed by atoms with Crippen LogP contribution in [0.5, 0.6) is 0 Å². The molecule has 0 aromatic heterocycles. The molecule has 1 aliphatic heterocycles. The molecular formula is C22H29NS. The fourth-order valence-electron chi connectivity index (χ4n) is 4.40. The topological polar surface area (TPSA) is 3.24 Å². The molecule has 128 valence electrons. The molecule has 0 saturated heterocycles. The summed E-state index contributed by atoms with van der Waals surface area (Å²) in [6.45, 7) is 7.62. The van der Waals surface area contributed by atoms with Crippen molar-refractivity contribution in [2.75, 3.05) is 6.54 Å². The van der Waals surface area contributed by atoms with Crippen molar-refractivity contribution in [3.05, 3.63) is 57.7 Å². The van der Waals surface area contributed by atoms with Crippen LogP contribution < -0.4 is 0 Å². The maximum atomic E-state index is 4.22. The lowest BCUT2D eigenvalue weighted by Crippen LogP contribution is -2.34. The third-order valence-electron chi connectivity index (χ3n) is 5.90. The fourth-order valence-corrected chi connectivity index (χ4v) is 5.70. The summed E-state index contributed by atoms with van der Waals surface area (Å²) < 4.78 is 0. The van der Waals surface area contributed by atoms with Gasteiger partial charge in [0.2, 0.25) is 0 Å². The summed E-state index contributed by atoms with van der Waals surface area (Å²) in [5.74, 6) is 1.33. The molecule has 24 heavy (non-hydrogen) atoms. The summed E-state index contributed by atoms with van der Waals surface area (Å²) in [6, 6.07) is 0. The average Bonchev–Trinajstić information content (AvgIpc) is 2.62. The van der Waals surface area contributed by atoms with Crippen molar-refractivity contribution in [1.29, 1.82) is 0 Å². The second-order valence-electron chi connectivity index (χ2n) is 7.77. The van der Waals surface area contributed by atoms with Crippen LogP contribution in [-0.2, 0) is 0 Å². The van der Waals surface area contributed by atoms with Crippen LogP contribution in [0.2, 0.25) is 0 Å². The molecule has 0 amide bonds. The van der Waals surface area contributed by atoms with Gasteiger partial charge in [-0.05, 0) is 70.3 Å². The second kappa shape index (κ2) is 7.00. The van der Waals surface area contributed by atoms with E-state index in [2.05, 4.69) is 54.5 Å². The Morgan fingerprint density at radius 3 is 2.92 bits per heavy atom. The molecule has 3 aliphatic carbocycles. The van der Waals surface area contributed by atoms with Crippen LogP contribution in [0, 0.1) is 11.8 Å². The maximum absolute atomic E-state index is 4.22. The van der Waals surface area contributed by atoms with Crippen LogP contribution in [0.15, 0.2) is 57.7 Å². The zero-order valence-electron chi connectivity index (χ0n) is 14.9. The largest absolute Gasteiger partial charge is 0.346 e. The lowest BCUT2D eigenvalue weighted by Gasteiger charge is -2.42. The number of rotatable bonds is 3. The Labute approximate surface area is 151 Å². The van der Waals surface area contributed by atoms with Gasteiger partial charge < -0.3 is 4.90 Å².